The molecule has 25 heavy (non-hydrogen) atoms. The lowest BCUT2D eigenvalue weighted by atomic mass is 10.2. The standard InChI is InChI=1S/C18H21ClN2O4/c1-22-15-6-5-12(7-16(15)23-2)10-20-21-11-13-8-17(24-3)18(25-4)9-14(13)19/h5-9,11,20H,10H2,1-4H3/b21-11+. The van der Waals surface area contributed by atoms with Gasteiger partial charge in [0, 0.05) is 11.6 Å². The van der Waals surface area contributed by atoms with Gasteiger partial charge in [-0.05, 0) is 23.8 Å². The minimum atomic E-state index is 0.523. The number of hydrazone groups is 1. The van der Waals surface area contributed by atoms with Crippen LogP contribution in [0.15, 0.2) is 35.4 Å². The Morgan fingerprint density at radius 2 is 1.48 bits per heavy atom. The molecule has 0 radical (unpaired) electrons. The van der Waals surface area contributed by atoms with Crippen LogP contribution in [0.3, 0.4) is 0 Å². The zero-order valence-electron chi connectivity index (χ0n) is 14.6. The van der Waals surface area contributed by atoms with E-state index in [0.29, 0.717) is 34.6 Å². The molecular weight excluding hydrogens is 344 g/mol. The highest BCUT2D eigenvalue weighted by molar-refractivity contribution is 6.33. The van der Waals surface area contributed by atoms with E-state index in [1.54, 1.807) is 46.8 Å². The fourth-order valence-corrected chi connectivity index (χ4v) is 2.41. The van der Waals surface area contributed by atoms with Crippen molar-refractivity contribution in [1.82, 2.24) is 5.43 Å². The van der Waals surface area contributed by atoms with Crippen LogP contribution in [0, 0.1) is 0 Å². The number of ether oxygens (including phenoxy) is 4. The molecule has 6 nitrogen and oxygen atoms in total. The number of hydrogen-bond donors (Lipinski definition) is 1. The molecule has 0 amide bonds. The monoisotopic (exact) mass is 364 g/mol. The molecule has 0 aliphatic rings. The van der Waals surface area contributed by atoms with Gasteiger partial charge in [0.25, 0.3) is 0 Å². The molecule has 0 bridgehead atoms. The highest BCUT2D eigenvalue weighted by Gasteiger charge is 2.08. The van der Waals surface area contributed by atoms with Crippen molar-refractivity contribution in [3.63, 3.8) is 0 Å². The summed E-state index contributed by atoms with van der Waals surface area (Å²) >= 11 is 6.22. The van der Waals surface area contributed by atoms with Crippen LogP contribution < -0.4 is 24.4 Å². The molecular formula is C18H21ClN2O4. The van der Waals surface area contributed by atoms with Crippen molar-refractivity contribution in [3.8, 4) is 23.0 Å². The number of rotatable bonds is 8. The van der Waals surface area contributed by atoms with Crippen molar-refractivity contribution >= 4 is 17.8 Å². The van der Waals surface area contributed by atoms with Gasteiger partial charge in [-0.25, -0.2) is 0 Å². The summed E-state index contributed by atoms with van der Waals surface area (Å²) in [5.41, 5.74) is 4.70. The third kappa shape index (κ3) is 4.70. The van der Waals surface area contributed by atoms with Crippen LogP contribution >= 0.6 is 11.6 Å². The first-order valence-corrected chi connectivity index (χ1v) is 7.89. The normalized spacial score (nSPS) is 10.6. The van der Waals surface area contributed by atoms with Crippen LogP contribution in [0.2, 0.25) is 5.02 Å². The molecule has 0 fully saturated rings. The van der Waals surface area contributed by atoms with E-state index in [2.05, 4.69) is 10.5 Å². The Morgan fingerprint density at radius 3 is 2.12 bits per heavy atom. The second-order valence-corrected chi connectivity index (χ2v) is 5.42. The molecule has 0 atom stereocenters. The first-order chi connectivity index (χ1) is 12.1. The van der Waals surface area contributed by atoms with E-state index in [0.717, 1.165) is 11.1 Å². The third-order valence-electron chi connectivity index (χ3n) is 3.53. The van der Waals surface area contributed by atoms with Crippen LogP contribution in [-0.2, 0) is 6.54 Å². The summed E-state index contributed by atoms with van der Waals surface area (Å²) in [6.07, 6.45) is 1.63. The fraction of sp³-hybridized carbons (Fsp3) is 0.278. The maximum atomic E-state index is 6.22. The molecule has 0 aromatic heterocycles. The Labute approximate surface area is 152 Å². The van der Waals surface area contributed by atoms with Crippen molar-refractivity contribution in [2.45, 2.75) is 6.54 Å². The average molecular weight is 365 g/mol. The molecule has 134 valence electrons. The number of nitrogens with one attached hydrogen (secondary N) is 1. The molecule has 0 unspecified atom stereocenters. The predicted molar refractivity (Wildman–Crippen MR) is 98.5 cm³/mol. The smallest absolute Gasteiger partial charge is 0.162 e. The molecule has 7 heteroatoms. The summed E-state index contributed by atoms with van der Waals surface area (Å²) in [4.78, 5) is 0. The molecule has 0 saturated heterocycles. The molecule has 2 aromatic rings. The number of halogens is 1. The average Bonchev–Trinajstić information content (AvgIpc) is 2.65. The SMILES string of the molecule is COc1ccc(CN/N=C/c2cc(OC)c(OC)cc2Cl)cc1OC. The molecule has 0 saturated carbocycles. The quantitative estimate of drug-likeness (QED) is 0.574. The maximum absolute atomic E-state index is 6.22. The van der Waals surface area contributed by atoms with E-state index in [1.165, 1.54) is 0 Å². The molecule has 0 aliphatic carbocycles. The topological polar surface area (TPSA) is 61.3 Å². The van der Waals surface area contributed by atoms with Gasteiger partial charge >= 0.3 is 0 Å². The molecule has 0 spiro atoms. The summed E-state index contributed by atoms with van der Waals surface area (Å²) in [6.45, 7) is 0.530. The number of methoxy groups -OCH3 is 4. The van der Waals surface area contributed by atoms with E-state index >= 15 is 0 Å². The van der Waals surface area contributed by atoms with Crippen LogP contribution in [0.1, 0.15) is 11.1 Å². The number of nitrogens with zero attached hydrogens (tertiary/aromatic N) is 1. The summed E-state index contributed by atoms with van der Waals surface area (Å²) in [5, 5.41) is 4.72. The Morgan fingerprint density at radius 1 is 0.880 bits per heavy atom. The highest BCUT2D eigenvalue weighted by atomic mass is 35.5. The lowest BCUT2D eigenvalue weighted by Crippen LogP contribution is -2.06. The molecule has 2 aromatic carbocycles. The summed E-state index contributed by atoms with van der Waals surface area (Å²) < 4.78 is 21.0. The van der Waals surface area contributed by atoms with Gasteiger partial charge in [0.1, 0.15) is 0 Å². The second-order valence-electron chi connectivity index (χ2n) is 5.01. The fourth-order valence-electron chi connectivity index (χ4n) is 2.21. The Hall–Kier alpha value is -2.60. The van der Waals surface area contributed by atoms with Crippen molar-refractivity contribution in [3.05, 3.63) is 46.5 Å². The van der Waals surface area contributed by atoms with Crippen molar-refractivity contribution in [2.75, 3.05) is 28.4 Å². The molecule has 2 rings (SSSR count). The van der Waals surface area contributed by atoms with Crippen molar-refractivity contribution < 1.29 is 18.9 Å². The third-order valence-corrected chi connectivity index (χ3v) is 3.86. The van der Waals surface area contributed by atoms with Gasteiger partial charge in [0.15, 0.2) is 23.0 Å². The van der Waals surface area contributed by atoms with Gasteiger partial charge in [0.05, 0.1) is 46.2 Å². The van der Waals surface area contributed by atoms with Crippen LogP contribution in [0.5, 0.6) is 23.0 Å². The van der Waals surface area contributed by atoms with Crippen molar-refractivity contribution in [2.24, 2.45) is 5.10 Å². The molecule has 1 N–H and O–H groups in total. The van der Waals surface area contributed by atoms with Crippen LogP contribution in [0.4, 0.5) is 0 Å². The van der Waals surface area contributed by atoms with Gasteiger partial charge in [-0.2, -0.15) is 5.10 Å². The van der Waals surface area contributed by atoms with Gasteiger partial charge < -0.3 is 24.4 Å². The minimum Gasteiger partial charge on any atom is -0.493 e. The highest BCUT2D eigenvalue weighted by Crippen LogP contribution is 2.32. The van der Waals surface area contributed by atoms with E-state index in [9.17, 15) is 0 Å². The minimum absolute atomic E-state index is 0.523. The Bertz CT molecular complexity index is 750. The molecule has 0 heterocycles. The van der Waals surface area contributed by atoms with E-state index in [-0.39, 0.29) is 0 Å². The van der Waals surface area contributed by atoms with Gasteiger partial charge in [0.2, 0.25) is 0 Å². The maximum Gasteiger partial charge on any atom is 0.162 e. The van der Waals surface area contributed by atoms with Gasteiger partial charge in [-0.3, -0.25) is 0 Å². The lowest BCUT2D eigenvalue weighted by Gasteiger charge is -2.10. The Kier molecular flexibility index (Phi) is 6.77. The van der Waals surface area contributed by atoms with Gasteiger partial charge in [-0.15, -0.1) is 0 Å². The zero-order chi connectivity index (χ0) is 18.2. The first-order valence-electron chi connectivity index (χ1n) is 7.51. The lowest BCUT2D eigenvalue weighted by molar-refractivity contribution is 0.354. The van der Waals surface area contributed by atoms with E-state index in [4.69, 9.17) is 30.5 Å². The van der Waals surface area contributed by atoms with Gasteiger partial charge in [-0.1, -0.05) is 17.7 Å². The molecule has 0 aliphatic heterocycles. The first kappa shape index (κ1) is 18.7. The Balaban J connectivity index is 2.04. The van der Waals surface area contributed by atoms with Crippen LogP contribution in [0.25, 0.3) is 0 Å². The summed E-state index contributed by atoms with van der Waals surface area (Å²) in [5.74, 6) is 2.52. The number of benzene rings is 2. The largest absolute Gasteiger partial charge is 0.493 e. The summed E-state index contributed by atoms with van der Waals surface area (Å²) in [6, 6.07) is 9.14. The second kappa shape index (κ2) is 9.03. The number of hydrogen-bond acceptors (Lipinski definition) is 6. The zero-order valence-corrected chi connectivity index (χ0v) is 15.4. The summed E-state index contributed by atoms with van der Waals surface area (Å²) in [7, 11) is 6.34. The van der Waals surface area contributed by atoms with Crippen molar-refractivity contribution in [1.29, 1.82) is 0 Å². The van der Waals surface area contributed by atoms with E-state index < -0.39 is 0 Å². The predicted octanol–water partition coefficient (Wildman–Crippen LogP) is 3.50. The van der Waals surface area contributed by atoms with Crippen LogP contribution in [-0.4, -0.2) is 34.7 Å². The van der Waals surface area contributed by atoms with E-state index in [1.807, 2.05) is 18.2 Å².